The lowest BCUT2D eigenvalue weighted by atomic mass is 9.74. The van der Waals surface area contributed by atoms with Crippen molar-refractivity contribution in [3.05, 3.63) is 0 Å². The Hall–Kier alpha value is 0.480. The van der Waals surface area contributed by atoms with Crippen LogP contribution in [0.3, 0.4) is 0 Å². The van der Waals surface area contributed by atoms with Gasteiger partial charge in [0.15, 0.2) is 0 Å². The number of rotatable bonds is 5. The standard InChI is InChI=1S/C14H27Br/c1-4-5-14(15)9-8-13-7-6-11(2)12(3)10-13/h11-14H,4-10H2,1-3H3. The van der Waals surface area contributed by atoms with Crippen molar-refractivity contribution >= 4 is 15.9 Å². The Bertz CT molecular complexity index is 167. The SMILES string of the molecule is CCCC(Br)CCC1CCC(C)C(C)C1. The third-order valence-electron chi connectivity index (χ3n) is 4.20. The van der Waals surface area contributed by atoms with E-state index in [9.17, 15) is 0 Å². The van der Waals surface area contributed by atoms with Crippen LogP contribution in [0, 0.1) is 17.8 Å². The van der Waals surface area contributed by atoms with E-state index in [1.807, 2.05) is 0 Å². The first-order valence-electron chi connectivity index (χ1n) is 6.77. The third kappa shape index (κ3) is 4.89. The molecule has 1 heteroatoms. The van der Waals surface area contributed by atoms with Crippen molar-refractivity contribution in [1.82, 2.24) is 0 Å². The second-order valence-corrected chi connectivity index (χ2v) is 6.89. The fourth-order valence-electron chi connectivity index (χ4n) is 2.80. The monoisotopic (exact) mass is 274 g/mol. The van der Waals surface area contributed by atoms with Crippen LogP contribution >= 0.6 is 15.9 Å². The third-order valence-corrected chi connectivity index (χ3v) is 5.11. The van der Waals surface area contributed by atoms with Gasteiger partial charge in [-0.05, 0) is 43.4 Å². The average Bonchev–Trinajstić information content (AvgIpc) is 2.20. The maximum Gasteiger partial charge on any atom is 0.0145 e. The van der Waals surface area contributed by atoms with E-state index in [1.165, 1.54) is 44.9 Å². The lowest BCUT2D eigenvalue weighted by molar-refractivity contribution is 0.198. The molecule has 0 N–H and O–H groups in total. The zero-order valence-corrected chi connectivity index (χ0v) is 12.2. The highest BCUT2D eigenvalue weighted by Crippen LogP contribution is 2.36. The van der Waals surface area contributed by atoms with Gasteiger partial charge in [-0.25, -0.2) is 0 Å². The first-order chi connectivity index (χ1) is 7.13. The first kappa shape index (κ1) is 13.5. The summed E-state index contributed by atoms with van der Waals surface area (Å²) in [6.45, 7) is 7.14. The fourth-order valence-corrected chi connectivity index (χ4v) is 3.52. The van der Waals surface area contributed by atoms with Crippen LogP contribution in [0.2, 0.25) is 0 Å². The minimum atomic E-state index is 0.775. The van der Waals surface area contributed by atoms with Crippen LogP contribution in [-0.2, 0) is 0 Å². The van der Waals surface area contributed by atoms with Crippen LogP contribution in [0.4, 0.5) is 0 Å². The Balaban J connectivity index is 2.16. The molecular weight excluding hydrogens is 248 g/mol. The quantitative estimate of drug-likeness (QED) is 0.589. The minimum Gasteiger partial charge on any atom is -0.0891 e. The predicted octanol–water partition coefficient (Wildman–Crippen LogP) is 5.40. The molecule has 4 unspecified atom stereocenters. The van der Waals surface area contributed by atoms with Crippen LogP contribution in [0.15, 0.2) is 0 Å². The molecule has 15 heavy (non-hydrogen) atoms. The zero-order chi connectivity index (χ0) is 11.3. The lowest BCUT2D eigenvalue weighted by Gasteiger charge is -2.32. The molecule has 0 aromatic rings. The van der Waals surface area contributed by atoms with Gasteiger partial charge in [-0.1, -0.05) is 56.0 Å². The van der Waals surface area contributed by atoms with Gasteiger partial charge in [0, 0.05) is 4.83 Å². The molecular formula is C14H27Br. The molecule has 0 radical (unpaired) electrons. The van der Waals surface area contributed by atoms with Gasteiger partial charge in [0.25, 0.3) is 0 Å². The van der Waals surface area contributed by atoms with Crippen molar-refractivity contribution in [2.75, 3.05) is 0 Å². The highest BCUT2D eigenvalue weighted by molar-refractivity contribution is 9.09. The average molecular weight is 275 g/mol. The molecule has 0 spiro atoms. The van der Waals surface area contributed by atoms with Crippen molar-refractivity contribution in [2.45, 2.75) is 70.5 Å². The molecule has 90 valence electrons. The molecule has 1 saturated carbocycles. The predicted molar refractivity (Wildman–Crippen MR) is 72.5 cm³/mol. The maximum atomic E-state index is 3.79. The molecule has 0 bridgehead atoms. The van der Waals surface area contributed by atoms with E-state index in [4.69, 9.17) is 0 Å². The van der Waals surface area contributed by atoms with Gasteiger partial charge in [-0.2, -0.15) is 0 Å². The van der Waals surface area contributed by atoms with Gasteiger partial charge in [-0.3, -0.25) is 0 Å². The fraction of sp³-hybridized carbons (Fsp3) is 1.00. The highest BCUT2D eigenvalue weighted by Gasteiger charge is 2.24. The Kier molecular flexibility index (Phi) is 6.26. The molecule has 0 aliphatic heterocycles. The van der Waals surface area contributed by atoms with Crippen molar-refractivity contribution in [2.24, 2.45) is 17.8 Å². The molecule has 4 atom stereocenters. The molecule has 0 aromatic heterocycles. The van der Waals surface area contributed by atoms with Crippen molar-refractivity contribution < 1.29 is 0 Å². The van der Waals surface area contributed by atoms with E-state index in [0.29, 0.717) is 0 Å². The maximum absolute atomic E-state index is 3.79. The van der Waals surface area contributed by atoms with Gasteiger partial charge in [-0.15, -0.1) is 0 Å². The Morgan fingerprint density at radius 3 is 2.47 bits per heavy atom. The molecule has 0 aromatic carbocycles. The molecule has 1 aliphatic carbocycles. The summed E-state index contributed by atoms with van der Waals surface area (Å²) in [5.74, 6) is 2.95. The van der Waals surface area contributed by atoms with Gasteiger partial charge >= 0.3 is 0 Å². The van der Waals surface area contributed by atoms with Crippen LogP contribution in [0.5, 0.6) is 0 Å². The zero-order valence-electron chi connectivity index (χ0n) is 10.6. The minimum absolute atomic E-state index is 0.775. The van der Waals surface area contributed by atoms with E-state index in [0.717, 1.165) is 22.6 Å². The molecule has 1 rings (SSSR count). The van der Waals surface area contributed by atoms with Gasteiger partial charge < -0.3 is 0 Å². The summed E-state index contributed by atoms with van der Waals surface area (Å²) in [5.41, 5.74) is 0. The summed E-state index contributed by atoms with van der Waals surface area (Å²) in [5, 5.41) is 0. The summed E-state index contributed by atoms with van der Waals surface area (Å²) in [4.78, 5) is 0.775. The topological polar surface area (TPSA) is 0 Å². The molecule has 1 aliphatic rings. The summed E-state index contributed by atoms with van der Waals surface area (Å²) >= 11 is 3.79. The summed E-state index contributed by atoms with van der Waals surface area (Å²) < 4.78 is 0. The second-order valence-electron chi connectivity index (χ2n) is 5.60. The summed E-state index contributed by atoms with van der Waals surface area (Å²) in [7, 11) is 0. The van der Waals surface area contributed by atoms with Crippen molar-refractivity contribution in [3.63, 3.8) is 0 Å². The van der Waals surface area contributed by atoms with Gasteiger partial charge in [0.1, 0.15) is 0 Å². The summed E-state index contributed by atoms with van der Waals surface area (Å²) in [6.07, 6.45) is 9.93. The van der Waals surface area contributed by atoms with E-state index < -0.39 is 0 Å². The largest absolute Gasteiger partial charge is 0.0891 e. The van der Waals surface area contributed by atoms with Crippen LogP contribution in [-0.4, -0.2) is 4.83 Å². The van der Waals surface area contributed by atoms with Crippen LogP contribution < -0.4 is 0 Å². The van der Waals surface area contributed by atoms with E-state index >= 15 is 0 Å². The number of halogens is 1. The number of hydrogen-bond acceptors (Lipinski definition) is 0. The van der Waals surface area contributed by atoms with E-state index in [-0.39, 0.29) is 0 Å². The molecule has 0 saturated heterocycles. The normalized spacial score (nSPS) is 34.0. The van der Waals surface area contributed by atoms with Crippen molar-refractivity contribution in [1.29, 1.82) is 0 Å². The molecule has 0 nitrogen and oxygen atoms in total. The second kappa shape index (κ2) is 6.93. The highest BCUT2D eigenvalue weighted by atomic mass is 79.9. The smallest absolute Gasteiger partial charge is 0.0145 e. The van der Waals surface area contributed by atoms with Gasteiger partial charge in [0.2, 0.25) is 0 Å². The van der Waals surface area contributed by atoms with E-state index in [2.05, 4.69) is 36.7 Å². The Labute approximate surface area is 104 Å². The molecule has 0 heterocycles. The number of alkyl halides is 1. The Morgan fingerprint density at radius 1 is 1.13 bits per heavy atom. The summed E-state index contributed by atoms with van der Waals surface area (Å²) in [6, 6.07) is 0. The van der Waals surface area contributed by atoms with Crippen molar-refractivity contribution in [3.8, 4) is 0 Å². The Morgan fingerprint density at radius 2 is 1.87 bits per heavy atom. The molecule has 0 amide bonds. The first-order valence-corrected chi connectivity index (χ1v) is 7.69. The van der Waals surface area contributed by atoms with Gasteiger partial charge in [0.05, 0.1) is 0 Å². The van der Waals surface area contributed by atoms with Crippen LogP contribution in [0.25, 0.3) is 0 Å². The lowest BCUT2D eigenvalue weighted by Crippen LogP contribution is -2.21. The molecule has 1 fully saturated rings. The van der Waals surface area contributed by atoms with E-state index in [1.54, 1.807) is 0 Å². The number of hydrogen-bond donors (Lipinski definition) is 0. The van der Waals surface area contributed by atoms with Crippen LogP contribution in [0.1, 0.15) is 65.7 Å².